The summed E-state index contributed by atoms with van der Waals surface area (Å²) in [4.78, 5) is 9.25. The van der Waals surface area contributed by atoms with Crippen molar-refractivity contribution in [3.63, 3.8) is 0 Å². The van der Waals surface area contributed by atoms with Crippen LogP contribution in [-0.4, -0.2) is 9.97 Å². The molecule has 1 aliphatic heterocycles. The third-order valence-electron chi connectivity index (χ3n) is 7.81. The molecule has 0 aliphatic carbocycles. The average molecular weight is 505 g/mol. The van der Waals surface area contributed by atoms with Gasteiger partial charge in [-0.2, -0.15) is 0 Å². The van der Waals surface area contributed by atoms with Crippen LogP contribution in [0.25, 0.3) is 54.7 Å². The quantitative estimate of drug-likeness (QED) is 0.175. The molecule has 0 saturated carbocycles. The van der Waals surface area contributed by atoms with Gasteiger partial charge in [-0.25, -0.2) is 9.97 Å². The minimum Gasteiger partial charge on any atom is -0.309 e. The monoisotopic (exact) mass is 504 g/mol. The molecule has 4 heteroatoms. The predicted octanol–water partition coefficient (Wildman–Crippen LogP) is 7.22. The van der Waals surface area contributed by atoms with Gasteiger partial charge in [0.15, 0.2) is 7.14 Å². The Bertz CT molecular complexity index is 2120. The number of hydrogen-bond acceptors (Lipinski definition) is 3. The van der Waals surface area contributed by atoms with E-state index in [0.717, 1.165) is 70.6 Å². The summed E-state index contributed by atoms with van der Waals surface area (Å²) < 4.78 is 15.9. The van der Waals surface area contributed by atoms with E-state index in [1.165, 1.54) is 0 Å². The highest BCUT2D eigenvalue weighted by molar-refractivity contribution is 7.85. The van der Waals surface area contributed by atoms with E-state index in [2.05, 4.69) is 71.7 Å². The first-order valence-corrected chi connectivity index (χ1v) is 14.4. The molecule has 178 valence electrons. The minimum atomic E-state index is -3.28. The van der Waals surface area contributed by atoms with Gasteiger partial charge in [0.2, 0.25) is 0 Å². The molecule has 7 aromatic rings. The van der Waals surface area contributed by atoms with Crippen LogP contribution in [0.4, 0.5) is 0 Å². The van der Waals surface area contributed by atoms with Gasteiger partial charge in [0, 0.05) is 44.2 Å². The maximum atomic E-state index is 15.9. The molecule has 6 aromatic carbocycles. The van der Waals surface area contributed by atoms with Gasteiger partial charge in [-0.3, -0.25) is 0 Å². The Labute approximate surface area is 219 Å². The molecule has 0 fully saturated rings. The fourth-order valence-electron chi connectivity index (χ4n) is 6.23. The summed E-state index contributed by atoms with van der Waals surface area (Å²) in [6.07, 6.45) is 3.52. The van der Waals surface area contributed by atoms with Crippen LogP contribution in [0, 0.1) is 0 Å². The summed E-state index contributed by atoms with van der Waals surface area (Å²) in [5.74, 6) is 0. The van der Waals surface area contributed by atoms with Gasteiger partial charge in [0.25, 0.3) is 0 Å². The van der Waals surface area contributed by atoms with Crippen LogP contribution in [-0.2, 0) is 4.57 Å². The van der Waals surface area contributed by atoms with Crippen molar-refractivity contribution in [1.29, 1.82) is 0 Å². The van der Waals surface area contributed by atoms with E-state index >= 15 is 4.57 Å². The Morgan fingerprint density at radius 3 is 2.11 bits per heavy atom. The lowest BCUT2D eigenvalue weighted by molar-refractivity contribution is 0.592. The largest absolute Gasteiger partial charge is 0.309 e. The zero-order valence-electron chi connectivity index (χ0n) is 20.4. The molecule has 1 atom stereocenters. The second-order valence-electron chi connectivity index (χ2n) is 9.72. The Balaban J connectivity index is 1.73. The van der Waals surface area contributed by atoms with Gasteiger partial charge in [-0.15, -0.1) is 0 Å². The molecular formula is C34H21N2OP. The zero-order valence-corrected chi connectivity index (χ0v) is 21.3. The highest BCUT2D eigenvalue weighted by Crippen LogP contribution is 2.55. The molecule has 3 nitrogen and oxygen atoms in total. The SMILES string of the molecule is O=P1(c2ccccc2)c2ccccc2-c2c(c3ccccc3c3cncnc23)-c2c1ccc1ccccc21. The molecule has 8 rings (SSSR count). The maximum Gasteiger partial charge on any atom is 0.172 e. The van der Waals surface area contributed by atoms with Gasteiger partial charge < -0.3 is 4.57 Å². The molecule has 0 radical (unpaired) electrons. The van der Waals surface area contributed by atoms with Crippen LogP contribution < -0.4 is 15.9 Å². The van der Waals surface area contributed by atoms with E-state index in [9.17, 15) is 0 Å². The third-order valence-corrected chi connectivity index (χ3v) is 11.0. The van der Waals surface area contributed by atoms with E-state index in [-0.39, 0.29) is 0 Å². The highest BCUT2D eigenvalue weighted by Gasteiger charge is 2.39. The summed E-state index contributed by atoms with van der Waals surface area (Å²) >= 11 is 0. The van der Waals surface area contributed by atoms with Crippen LogP contribution in [0.15, 0.2) is 128 Å². The second-order valence-corrected chi connectivity index (χ2v) is 12.4. The first-order chi connectivity index (χ1) is 18.8. The highest BCUT2D eigenvalue weighted by atomic mass is 31.2. The first kappa shape index (κ1) is 21.5. The van der Waals surface area contributed by atoms with Crippen LogP contribution in [0.5, 0.6) is 0 Å². The van der Waals surface area contributed by atoms with Crippen molar-refractivity contribution < 1.29 is 4.57 Å². The Morgan fingerprint density at radius 1 is 0.526 bits per heavy atom. The van der Waals surface area contributed by atoms with Crippen LogP contribution in [0.1, 0.15) is 0 Å². The number of hydrogen-bond donors (Lipinski definition) is 0. The fourth-order valence-corrected chi connectivity index (χ4v) is 9.29. The summed E-state index contributed by atoms with van der Waals surface area (Å²) in [6, 6.07) is 39.2. The van der Waals surface area contributed by atoms with Crippen LogP contribution >= 0.6 is 7.14 Å². The molecule has 1 aromatic heterocycles. The summed E-state index contributed by atoms with van der Waals surface area (Å²) in [5, 5.41) is 7.95. The number of fused-ring (bicyclic) bond motifs is 12. The molecule has 0 N–H and O–H groups in total. The molecule has 1 unspecified atom stereocenters. The first-order valence-electron chi connectivity index (χ1n) is 12.7. The summed E-state index contributed by atoms with van der Waals surface area (Å²) in [6.45, 7) is 0. The molecule has 38 heavy (non-hydrogen) atoms. The van der Waals surface area contributed by atoms with E-state index in [1.54, 1.807) is 6.33 Å². The molecule has 0 bridgehead atoms. The zero-order chi connectivity index (χ0) is 25.3. The molecule has 1 aliphatic rings. The number of benzene rings is 6. The van der Waals surface area contributed by atoms with Crippen LogP contribution in [0.2, 0.25) is 0 Å². The Morgan fingerprint density at radius 2 is 1.24 bits per heavy atom. The van der Waals surface area contributed by atoms with Gasteiger partial charge >= 0.3 is 0 Å². The second kappa shape index (κ2) is 7.95. The van der Waals surface area contributed by atoms with Crippen molar-refractivity contribution in [1.82, 2.24) is 9.97 Å². The van der Waals surface area contributed by atoms with E-state index in [1.807, 2.05) is 54.7 Å². The topological polar surface area (TPSA) is 42.9 Å². The normalized spacial score (nSPS) is 16.1. The maximum absolute atomic E-state index is 15.9. The standard InChI is InChI=1S/C34H21N2OP/c37-38(23-11-2-1-3-12-23)29-17-9-8-16-27(29)33-32(31-24-13-5-4-10-22(24)18-19-30(31)38)26-15-7-6-14-25(26)28-20-35-21-36-34(28)33/h1-21H. The predicted molar refractivity (Wildman–Crippen MR) is 158 cm³/mol. The van der Waals surface area contributed by atoms with Gasteiger partial charge in [-0.1, -0.05) is 109 Å². The molecule has 0 spiro atoms. The van der Waals surface area contributed by atoms with Crippen molar-refractivity contribution in [2.24, 2.45) is 0 Å². The van der Waals surface area contributed by atoms with Gasteiger partial charge in [0.1, 0.15) is 6.33 Å². The summed E-state index contributed by atoms with van der Waals surface area (Å²) in [5.41, 5.74) is 4.96. The van der Waals surface area contributed by atoms with Gasteiger partial charge in [0.05, 0.1) is 5.52 Å². The lowest BCUT2D eigenvalue weighted by Gasteiger charge is -2.23. The van der Waals surface area contributed by atoms with Crippen molar-refractivity contribution in [3.05, 3.63) is 128 Å². The van der Waals surface area contributed by atoms with E-state index in [4.69, 9.17) is 4.98 Å². The van der Waals surface area contributed by atoms with E-state index < -0.39 is 7.14 Å². The van der Waals surface area contributed by atoms with Crippen molar-refractivity contribution >= 4 is 55.5 Å². The van der Waals surface area contributed by atoms with E-state index in [0.29, 0.717) is 0 Å². The number of rotatable bonds is 1. The van der Waals surface area contributed by atoms with Gasteiger partial charge in [-0.05, 0) is 33.2 Å². The van der Waals surface area contributed by atoms with Crippen LogP contribution in [0.3, 0.4) is 0 Å². The number of nitrogens with zero attached hydrogens (tertiary/aromatic N) is 2. The molecule has 0 amide bonds. The Kier molecular flexibility index (Phi) is 4.50. The molecule has 0 saturated heterocycles. The lowest BCUT2D eigenvalue weighted by atomic mass is 9.85. The Hall–Kier alpha value is -4.59. The smallest absolute Gasteiger partial charge is 0.172 e. The fraction of sp³-hybridized carbons (Fsp3) is 0. The average Bonchev–Trinajstić information content (AvgIpc) is 3.10. The van der Waals surface area contributed by atoms with Crippen molar-refractivity contribution in [2.45, 2.75) is 0 Å². The van der Waals surface area contributed by atoms with Crippen molar-refractivity contribution in [2.75, 3.05) is 0 Å². The molecular weight excluding hydrogens is 483 g/mol. The molecule has 2 heterocycles. The minimum absolute atomic E-state index is 0.833. The third kappa shape index (κ3) is 2.77. The number of aromatic nitrogens is 2. The lowest BCUT2D eigenvalue weighted by Crippen LogP contribution is -2.26. The van der Waals surface area contributed by atoms with Crippen molar-refractivity contribution in [3.8, 4) is 22.3 Å². The summed E-state index contributed by atoms with van der Waals surface area (Å²) in [7, 11) is -3.28.